The number of nitrogens with one attached hydrogen (secondary N) is 1. The number of methoxy groups -OCH3 is 1. The molecule has 20 heavy (non-hydrogen) atoms. The van der Waals surface area contributed by atoms with E-state index >= 15 is 0 Å². The summed E-state index contributed by atoms with van der Waals surface area (Å²) in [6.45, 7) is 4.72. The minimum atomic E-state index is -0.567. The van der Waals surface area contributed by atoms with Gasteiger partial charge in [0.2, 0.25) is 0 Å². The molecule has 114 valence electrons. The zero-order valence-corrected chi connectivity index (χ0v) is 12.8. The highest BCUT2D eigenvalue weighted by atomic mass is 35.5. The highest BCUT2D eigenvalue weighted by Gasteiger charge is 2.07. The summed E-state index contributed by atoms with van der Waals surface area (Å²) in [6, 6.07) is 6.93. The van der Waals surface area contributed by atoms with Crippen molar-refractivity contribution in [2.75, 3.05) is 20.3 Å². The second-order valence-corrected chi connectivity index (χ2v) is 4.54. The number of rotatable bonds is 7. The first-order valence-electron chi connectivity index (χ1n) is 6.25. The second-order valence-electron chi connectivity index (χ2n) is 4.54. The molecular weight excluding hydrogens is 282 g/mol. The number of ether oxygens (including phenoxy) is 2. The maximum atomic E-state index is 11.2. The van der Waals surface area contributed by atoms with Gasteiger partial charge in [0.25, 0.3) is 0 Å². The number of aliphatic hydroxyl groups is 1. The van der Waals surface area contributed by atoms with Crippen LogP contribution in [-0.4, -0.2) is 43.5 Å². The van der Waals surface area contributed by atoms with Crippen molar-refractivity contribution in [2.24, 2.45) is 0 Å². The Labute approximate surface area is 125 Å². The number of halogens is 1. The van der Waals surface area contributed by atoms with Gasteiger partial charge in [0.05, 0.1) is 12.7 Å². The monoisotopic (exact) mass is 303 g/mol. The van der Waals surface area contributed by atoms with Crippen molar-refractivity contribution in [3.63, 3.8) is 0 Å². The lowest BCUT2D eigenvalue weighted by molar-refractivity contribution is 0.0600. The molecule has 0 saturated heterocycles. The lowest BCUT2D eigenvalue weighted by atomic mass is 10.2. The quantitative estimate of drug-likeness (QED) is 0.750. The number of carbonyl (C=O) groups excluding carboxylic acids is 1. The molecule has 0 aromatic heterocycles. The predicted octanol–water partition coefficient (Wildman–Crippen LogP) is 1.63. The van der Waals surface area contributed by atoms with Crippen LogP contribution in [0.2, 0.25) is 0 Å². The van der Waals surface area contributed by atoms with E-state index in [4.69, 9.17) is 4.74 Å². The summed E-state index contributed by atoms with van der Waals surface area (Å²) in [5, 5.41) is 12.8. The molecule has 0 aliphatic heterocycles. The fraction of sp³-hybridized carbons (Fsp3) is 0.500. The van der Waals surface area contributed by atoms with Gasteiger partial charge in [-0.25, -0.2) is 4.79 Å². The Hall–Kier alpha value is -1.30. The van der Waals surface area contributed by atoms with Crippen molar-refractivity contribution in [3.8, 4) is 5.75 Å². The summed E-state index contributed by atoms with van der Waals surface area (Å²) in [5.41, 5.74) is 0.469. The van der Waals surface area contributed by atoms with Gasteiger partial charge in [-0.05, 0) is 24.3 Å². The zero-order valence-electron chi connectivity index (χ0n) is 12.0. The van der Waals surface area contributed by atoms with Gasteiger partial charge in [0, 0.05) is 12.6 Å². The normalized spacial score (nSPS) is 11.7. The molecule has 0 heterocycles. The molecule has 1 rings (SSSR count). The van der Waals surface area contributed by atoms with Crippen LogP contribution < -0.4 is 10.1 Å². The van der Waals surface area contributed by atoms with E-state index in [0.29, 0.717) is 23.9 Å². The third kappa shape index (κ3) is 6.75. The van der Waals surface area contributed by atoms with Crippen molar-refractivity contribution >= 4 is 18.4 Å². The van der Waals surface area contributed by atoms with Gasteiger partial charge in [-0.2, -0.15) is 0 Å². The van der Waals surface area contributed by atoms with Crippen LogP contribution in [0.1, 0.15) is 24.2 Å². The van der Waals surface area contributed by atoms with Gasteiger partial charge >= 0.3 is 5.97 Å². The maximum Gasteiger partial charge on any atom is 0.337 e. The third-order valence-electron chi connectivity index (χ3n) is 2.48. The van der Waals surface area contributed by atoms with Crippen molar-refractivity contribution in [1.29, 1.82) is 0 Å². The topological polar surface area (TPSA) is 67.8 Å². The predicted molar refractivity (Wildman–Crippen MR) is 79.7 cm³/mol. The molecule has 0 amide bonds. The van der Waals surface area contributed by atoms with Crippen LogP contribution in [0.25, 0.3) is 0 Å². The van der Waals surface area contributed by atoms with E-state index in [9.17, 15) is 9.90 Å². The molecule has 2 N–H and O–H groups in total. The van der Waals surface area contributed by atoms with E-state index in [-0.39, 0.29) is 25.0 Å². The Bertz CT molecular complexity index is 395. The van der Waals surface area contributed by atoms with Crippen LogP contribution in [0.4, 0.5) is 0 Å². The molecule has 0 saturated carbocycles. The van der Waals surface area contributed by atoms with E-state index in [1.807, 2.05) is 13.8 Å². The fourth-order valence-electron chi connectivity index (χ4n) is 1.43. The van der Waals surface area contributed by atoms with Crippen LogP contribution in [-0.2, 0) is 4.74 Å². The largest absolute Gasteiger partial charge is 0.491 e. The second kappa shape index (κ2) is 9.58. The Morgan fingerprint density at radius 2 is 1.90 bits per heavy atom. The van der Waals surface area contributed by atoms with Crippen LogP contribution >= 0.6 is 12.4 Å². The summed E-state index contributed by atoms with van der Waals surface area (Å²) < 4.78 is 10.0. The van der Waals surface area contributed by atoms with Gasteiger partial charge in [0.15, 0.2) is 0 Å². The van der Waals surface area contributed by atoms with Gasteiger partial charge in [-0.15, -0.1) is 12.4 Å². The van der Waals surface area contributed by atoms with Crippen LogP contribution in [0.3, 0.4) is 0 Å². The van der Waals surface area contributed by atoms with Gasteiger partial charge in [0.1, 0.15) is 18.5 Å². The smallest absolute Gasteiger partial charge is 0.337 e. The standard InChI is InChI=1S/C14H21NO4.ClH/c1-10(2)15-8-12(16)9-19-13-6-4-11(5-7-13)14(17)18-3;/h4-7,10,12,15-16H,8-9H2,1-3H3;1H. The molecule has 0 aliphatic rings. The average Bonchev–Trinajstić information content (AvgIpc) is 2.42. The molecule has 5 nitrogen and oxygen atoms in total. The first-order chi connectivity index (χ1) is 9.02. The zero-order chi connectivity index (χ0) is 14.3. The molecule has 0 aliphatic carbocycles. The highest BCUT2D eigenvalue weighted by molar-refractivity contribution is 5.89. The molecule has 1 aromatic rings. The Kier molecular flexibility index (Phi) is 8.96. The molecule has 1 unspecified atom stereocenters. The summed E-state index contributed by atoms with van der Waals surface area (Å²) in [5.74, 6) is 0.226. The molecule has 0 fully saturated rings. The van der Waals surface area contributed by atoms with Crippen molar-refractivity contribution < 1.29 is 19.4 Å². The number of carbonyl (C=O) groups is 1. The van der Waals surface area contributed by atoms with E-state index in [0.717, 1.165) is 0 Å². The van der Waals surface area contributed by atoms with E-state index in [1.54, 1.807) is 24.3 Å². The van der Waals surface area contributed by atoms with Crippen LogP contribution in [0.5, 0.6) is 5.75 Å². The van der Waals surface area contributed by atoms with E-state index in [2.05, 4.69) is 10.1 Å². The maximum absolute atomic E-state index is 11.2. The molecule has 1 atom stereocenters. The van der Waals surface area contributed by atoms with E-state index in [1.165, 1.54) is 7.11 Å². The number of hydrogen-bond acceptors (Lipinski definition) is 5. The number of aliphatic hydroxyl groups excluding tert-OH is 1. The summed E-state index contributed by atoms with van der Waals surface area (Å²) in [6.07, 6.45) is -0.567. The SMILES string of the molecule is COC(=O)c1ccc(OCC(O)CNC(C)C)cc1.Cl. The Morgan fingerprint density at radius 1 is 1.30 bits per heavy atom. The molecule has 0 radical (unpaired) electrons. The van der Waals surface area contributed by atoms with Gasteiger partial charge in [-0.3, -0.25) is 0 Å². The van der Waals surface area contributed by atoms with E-state index < -0.39 is 6.10 Å². The number of esters is 1. The third-order valence-corrected chi connectivity index (χ3v) is 2.48. The van der Waals surface area contributed by atoms with Crippen molar-refractivity contribution in [2.45, 2.75) is 26.0 Å². The van der Waals surface area contributed by atoms with Gasteiger partial charge < -0.3 is 19.9 Å². The molecular formula is C14H22ClNO4. The lowest BCUT2D eigenvalue weighted by Crippen LogP contribution is -2.35. The number of benzene rings is 1. The molecule has 0 spiro atoms. The van der Waals surface area contributed by atoms with Crippen molar-refractivity contribution in [3.05, 3.63) is 29.8 Å². The summed E-state index contributed by atoms with van der Waals surface area (Å²) in [4.78, 5) is 11.2. The fourth-order valence-corrected chi connectivity index (χ4v) is 1.43. The summed E-state index contributed by atoms with van der Waals surface area (Å²) in [7, 11) is 1.34. The Morgan fingerprint density at radius 3 is 2.40 bits per heavy atom. The average molecular weight is 304 g/mol. The van der Waals surface area contributed by atoms with Crippen LogP contribution in [0.15, 0.2) is 24.3 Å². The molecule has 0 bridgehead atoms. The van der Waals surface area contributed by atoms with Crippen LogP contribution in [0, 0.1) is 0 Å². The summed E-state index contributed by atoms with van der Waals surface area (Å²) >= 11 is 0. The highest BCUT2D eigenvalue weighted by Crippen LogP contribution is 2.13. The first kappa shape index (κ1) is 18.7. The number of hydrogen-bond donors (Lipinski definition) is 2. The lowest BCUT2D eigenvalue weighted by Gasteiger charge is -2.15. The minimum absolute atomic E-state index is 0. The minimum Gasteiger partial charge on any atom is -0.491 e. The first-order valence-corrected chi connectivity index (χ1v) is 6.25. The Balaban J connectivity index is 0.00000361. The van der Waals surface area contributed by atoms with Gasteiger partial charge in [-0.1, -0.05) is 13.8 Å². The van der Waals surface area contributed by atoms with Crippen molar-refractivity contribution in [1.82, 2.24) is 5.32 Å². The molecule has 6 heteroatoms. The molecule has 1 aromatic carbocycles.